The number of aryl methyl sites for hydroxylation is 1. The quantitative estimate of drug-likeness (QED) is 0.754. The monoisotopic (exact) mass is 355 g/mol. The molecule has 0 radical (unpaired) electrons. The van der Waals surface area contributed by atoms with Crippen LogP contribution in [0, 0.1) is 6.92 Å². The van der Waals surface area contributed by atoms with E-state index in [-0.39, 0.29) is 18.0 Å². The summed E-state index contributed by atoms with van der Waals surface area (Å²) in [5.41, 5.74) is 0.429. The van der Waals surface area contributed by atoms with Gasteiger partial charge in [-0.25, -0.2) is 4.31 Å². The van der Waals surface area contributed by atoms with Crippen LogP contribution < -0.4 is 5.32 Å². The summed E-state index contributed by atoms with van der Waals surface area (Å²) in [6.45, 7) is 4.75. The van der Waals surface area contributed by atoms with Crippen molar-refractivity contribution < 1.29 is 18.3 Å². The zero-order valence-electron chi connectivity index (χ0n) is 14.2. The molecule has 2 heterocycles. The van der Waals surface area contributed by atoms with Gasteiger partial charge in [-0.3, -0.25) is 9.48 Å². The van der Waals surface area contributed by atoms with Crippen LogP contribution in [0.3, 0.4) is 0 Å². The average Bonchev–Trinajstić information content (AvgIpc) is 2.81. The number of aromatic nitrogens is 2. The summed E-state index contributed by atoms with van der Waals surface area (Å²) < 4.78 is 30.7. The lowest BCUT2D eigenvalue weighted by Crippen LogP contribution is -2.49. The molecular formula is C14H21N5O4S. The number of aliphatic hydroxyl groups is 1. The van der Waals surface area contributed by atoms with Crippen molar-refractivity contribution in [1.29, 1.82) is 0 Å². The fourth-order valence-electron chi connectivity index (χ4n) is 2.05. The van der Waals surface area contributed by atoms with Crippen LogP contribution in [0.2, 0.25) is 0 Å². The first kappa shape index (κ1) is 18.1. The van der Waals surface area contributed by atoms with Crippen molar-refractivity contribution in [3.63, 3.8) is 0 Å². The molecule has 1 aliphatic rings. The first-order chi connectivity index (χ1) is 11.0. The predicted octanol–water partition coefficient (Wildman–Crippen LogP) is -0.521. The van der Waals surface area contributed by atoms with Gasteiger partial charge in [-0.1, -0.05) is 0 Å². The number of hydrogen-bond acceptors (Lipinski definition) is 5. The lowest BCUT2D eigenvalue weighted by Gasteiger charge is -2.28. The van der Waals surface area contributed by atoms with Gasteiger partial charge in [0.15, 0.2) is 0 Å². The first-order valence-corrected chi connectivity index (χ1v) is 8.61. The summed E-state index contributed by atoms with van der Waals surface area (Å²) in [6, 6.07) is 0. The van der Waals surface area contributed by atoms with Crippen molar-refractivity contribution in [3.8, 4) is 0 Å². The Kier molecular flexibility index (Phi) is 4.55. The second-order valence-corrected chi connectivity index (χ2v) is 7.84. The van der Waals surface area contributed by atoms with Crippen LogP contribution in [0.1, 0.15) is 25.1 Å². The predicted molar refractivity (Wildman–Crippen MR) is 88.6 cm³/mol. The number of carbonyl (C=O) groups is 1. The SMILES string of the molecule is Cc1c(C2=NS(=O)(=O)N(C)C(C(=O)NC(C)(C)CO)=C2)cnn1C. The molecule has 24 heavy (non-hydrogen) atoms. The van der Waals surface area contributed by atoms with E-state index in [2.05, 4.69) is 14.8 Å². The van der Waals surface area contributed by atoms with Crippen LogP contribution >= 0.6 is 0 Å². The van der Waals surface area contributed by atoms with Gasteiger partial charge in [0.25, 0.3) is 5.91 Å². The smallest absolute Gasteiger partial charge is 0.345 e. The average molecular weight is 355 g/mol. The van der Waals surface area contributed by atoms with Crippen molar-refractivity contribution in [2.24, 2.45) is 11.4 Å². The largest absolute Gasteiger partial charge is 0.394 e. The van der Waals surface area contributed by atoms with Gasteiger partial charge in [0.2, 0.25) is 0 Å². The summed E-state index contributed by atoms with van der Waals surface area (Å²) >= 11 is 0. The van der Waals surface area contributed by atoms with Crippen LogP contribution in [0.4, 0.5) is 0 Å². The van der Waals surface area contributed by atoms with Gasteiger partial charge in [0, 0.05) is 25.4 Å². The molecule has 0 bridgehead atoms. The topological polar surface area (TPSA) is 117 Å². The molecule has 1 amide bonds. The fraction of sp³-hybridized carbons (Fsp3) is 0.500. The molecule has 1 aromatic heterocycles. The van der Waals surface area contributed by atoms with Gasteiger partial charge in [0.05, 0.1) is 24.1 Å². The normalized spacial score (nSPS) is 17.3. The molecule has 0 saturated carbocycles. The van der Waals surface area contributed by atoms with Crippen molar-refractivity contribution in [2.45, 2.75) is 26.3 Å². The van der Waals surface area contributed by atoms with E-state index in [1.54, 1.807) is 32.5 Å². The maximum absolute atomic E-state index is 12.5. The number of carbonyl (C=O) groups excluding carboxylic acids is 1. The lowest BCUT2D eigenvalue weighted by molar-refractivity contribution is -0.120. The maximum Gasteiger partial charge on any atom is 0.345 e. The minimum atomic E-state index is -4.03. The number of likely N-dealkylation sites (N-methyl/N-ethyl adjacent to an activating group) is 1. The van der Waals surface area contributed by atoms with Gasteiger partial charge in [-0.15, -0.1) is 4.40 Å². The van der Waals surface area contributed by atoms with Gasteiger partial charge >= 0.3 is 10.2 Å². The minimum absolute atomic E-state index is 0.0789. The fourth-order valence-corrected chi connectivity index (χ4v) is 2.96. The molecule has 0 aromatic carbocycles. The molecule has 2 rings (SSSR count). The van der Waals surface area contributed by atoms with E-state index < -0.39 is 21.7 Å². The van der Waals surface area contributed by atoms with Crippen molar-refractivity contribution in [3.05, 3.63) is 29.2 Å². The number of allylic oxidation sites excluding steroid dienone is 1. The van der Waals surface area contributed by atoms with Gasteiger partial charge in [-0.2, -0.15) is 13.5 Å². The maximum atomic E-state index is 12.5. The molecule has 1 aromatic rings. The molecular weight excluding hydrogens is 334 g/mol. The van der Waals surface area contributed by atoms with Crippen molar-refractivity contribution in [1.82, 2.24) is 19.4 Å². The van der Waals surface area contributed by atoms with E-state index in [1.165, 1.54) is 19.3 Å². The van der Waals surface area contributed by atoms with Crippen LogP contribution in [0.15, 0.2) is 22.4 Å². The van der Waals surface area contributed by atoms with E-state index in [0.717, 1.165) is 10.00 Å². The molecule has 0 unspecified atom stereocenters. The van der Waals surface area contributed by atoms with Crippen molar-refractivity contribution >= 4 is 21.8 Å². The highest BCUT2D eigenvalue weighted by Crippen LogP contribution is 2.21. The number of rotatable bonds is 4. The number of amides is 1. The van der Waals surface area contributed by atoms with E-state index in [4.69, 9.17) is 0 Å². The summed E-state index contributed by atoms with van der Waals surface area (Å²) in [5, 5.41) is 15.9. The number of aliphatic hydroxyl groups excluding tert-OH is 1. The minimum Gasteiger partial charge on any atom is -0.394 e. The highest BCUT2D eigenvalue weighted by atomic mass is 32.2. The van der Waals surface area contributed by atoms with Crippen LogP contribution in [0.25, 0.3) is 0 Å². The number of nitrogens with one attached hydrogen (secondary N) is 1. The summed E-state index contributed by atoms with van der Waals surface area (Å²) in [7, 11) is -1.05. The molecule has 0 spiro atoms. The Morgan fingerprint density at radius 1 is 1.38 bits per heavy atom. The molecule has 2 N–H and O–H groups in total. The Balaban J connectivity index is 2.49. The first-order valence-electron chi connectivity index (χ1n) is 7.21. The zero-order valence-corrected chi connectivity index (χ0v) is 15.0. The Bertz CT molecular complexity index is 835. The molecule has 10 heteroatoms. The van der Waals surface area contributed by atoms with E-state index in [9.17, 15) is 18.3 Å². The number of nitrogens with zero attached hydrogens (tertiary/aromatic N) is 4. The zero-order chi connectivity index (χ0) is 18.3. The Hall–Kier alpha value is -2.20. The van der Waals surface area contributed by atoms with E-state index in [1.807, 2.05) is 0 Å². The second kappa shape index (κ2) is 6.02. The molecule has 0 aliphatic carbocycles. The second-order valence-electron chi connectivity index (χ2n) is 6.21. The van der Waals surface area contributed by atoms with Crippen molar-refractivity contribution in [2.75, 3.05) is 13.7 Å². The lowest BCUT2D eigenvalue weighted by atomic mass is 10.1. The molecule has 9 nitrogen and oxygen atoms in total. The molecule has 0 atom stereocenters. The van der Waals surface area contributed by atoms with Gasteiger partial charge < -0.3 is 10.4 Å². The van der Waals surface area contributed by atoms with Gasteiger partial charge in [0.1, 0.15) is 5.70 Å². The third kappa shape index (κ3) is 3.34. The van der Waals surface area contributed by atoms with E-state index >= 15 is 0 Å². The van der Waals surface area contributed by atoms with E-state index in [0.29, 0.717) is 5.56 Å². The Labute approximate surface area is 140 Å². The highest BCUT2D eigenvalue weighted by molar-refractivity contribution is 7.88. The third-order valence-corrected chi connectivity index (χ3v) is 5.08. The third-order valence-electron chi connectivity index (χ3n) is 3.76. The Morgan fingerprint density at radius 3 is 2.50 bits per heavy atom. The van der Waals surface area contributed by atoms with Crippen LogP contribution in [-0.4, -0.2) is 58.4 Å². The highest BCUT2D eigenvalue weighted by Gasteiger charge is 2.32. The Morgan fingerprint density at radius 2 is 2.00 bits per heavy atom. The van der Waals surface area contributed by atoms with Crippen LogP contribution in [0.5, 0.6) is 0 Å². The summed E-state index contributed by atoms with van der Waals surface area (Å²) in [6.07, 6.45) is 2.90. The molecule has 132 valence electrons. The summed E-state index contributed by atoms with van der Waals surface area (Å²) in [5.74, 6) is -0.617. The molecule has 0 fully saturated rings. The molecule has 1 aliphatic heterocycles. The summed E-state index contributed by atoms with van der Waals surface area (Å²) in [4.78, 5) is 12.5. The number of hydrogen-bond donors (Lipinski definition) is 2. The van der Waals surface area contributed by atoms with Gasteiger partial charge in [-0.05, 0) is 26.8 Å². The van der Waals surface area contributed by atoms with Crippen LogP contribution in [-0.2, 0) is 22.1 Å². The standard InChI is InChI=1S/C14H21N5O4S/c1-9-10(7-15-18(9)4)11-6-12(19(5)24(22,23)17-11)13(21)16-14(2,3)8-20/h6-7,20H,8H2,1-5H3,(H,16,21). The molecule has 0 saturated heterocycles.